The smallest absolute Gasteiger partial charge is 0.301 e. The van der Waals surface area contributed by atoms with Crippen molar-refractivity contribution in [3.05, 3.63) is 83.2 Å². The Kier molecular flexibility index (Phi) is 6.26. The number of ketones is 1. The van der Waals surface area contributed by atoms with Crippen LogP contribution in [0, 0.1) is 5.82 Å². The van der Waals surface area contributed by atoms with Crippen molar-refractivity contribution in [3.8, 4) is 17.2 Å². The van der Waals surface area contributed by atoms with Gasteiger partial charge in [0.2, 0.25) is 0 Å². The summed E-state index contributed by atoms with van der Waals surface area (Å²) in [5, 5.41) is 11.5. The standard InChI is InChI=1S/C27H21FN2O6S/c1-34-17-8-4-14(5-9-17)24(31)22-23(15-6-11-19(35-2)20(12-15)36-3)30(26(33)25(22)32)27-29-18-10-7-16(28)13-21(18)37-27/h4-13,23,31H,1-3H3/t23-/m1/s1. The number of hydrogen-bond acceptors (Lipinski definition) is 8. The van der Waals surface area contributed by atoms with Crippen LogP contribution in [0.25, 0.3) is 16.0 Å². The zero-order chi connectivity index (χ0) is 26.3. The van der Waals surface area contributed by atoms with Gasteiger partial charge in [-0.1, -0.05) is 17.4 Å². The van der Waals surface area contributed by atoms with Gasteiger partial charge in [-0.15, -0.1) is 0 Å². The van der Waals surface area contributed by atoms with E-state index in [-0.39, 0.29) is 16.5 Å². The van der Waals surface area contributed by atoms with E-state index in [2.05, 4.69) is 4.98 Å². The van der Waals surface area contributed by atoms with E-state index < -0.39 is 23.5 Å². The molecule has 1 aromatic heterocycles. The molecule has 0 spiro atoms. The number of aromatic nitrogens is 1. The Morgan fingerprint density at radius 3 is 2.35 bits per heavy atom. The molecule has 0 bridgehead atoms. The van der Waals surface area contributed by atoms with E-state index in [0.717, 1.165) is 11.3 Å². The summed E-state index contributed by atoms with van der Waals surface area (Å²) >= 11 is 1.07. The molecule has 1 fully saturated rings. The minimum atomic E-state index is -1.03. The van der Waals surface area contributed by atoms with Crippen LogP contribution in [0.15, 0.2) is 66.2 Å². The van der Waals surface area contributed by atoms with Gasteiger partial charge in [0.25, 0.3) is 5.78 Å². The molecular weight excluding hydrogens is 499 g/mol. The molecule has 5 rings (SSSR count). The van der Waals surface area contributed by atoms with Crippen molar-refractivity contribution in [1.29, 1.82) is 0 Å². The Hall–Kier alpha value is -4.44. The van der Waals surface area contributed by atoms with Crippen LogP contribution >= 0.6 is 11.3 Å². The van der Waals surface area contributed by atoms with Gasteiger partial charge in [-0.3, -0.25) is 14.5 Å². The fraction of sp³-hybridized carbons (Fsp3) is 0.148. The quantitative estimate of drug-likeness (QED) is 0.215. The number of benzene rings is 3. The molecule has 0 aliphatic carbocycles. The summed E-state index contributed by atoms with van der Waals surface area (Å²) in [6.07, 6.45) is 0. The molecule has 37 heavy (non-hydrogen) atoms. The molecule has 3 aromatic carbocycles. The number of halogens is 1. The second-order valence-corrected chi connectivity index (χ2v) is 9.13. The van der Waals surface area contributed by atoms with Crippen LogP contribution in [-0.2, 0) is 9.59 Å². The first-order chi connectivity index (χ1) is 17.9. The summed E-state index contributed by atoms with van der Waals surface area (Å²) in [6, 6.07) is 14.5. The van der Waals surface area contributed by atoms with Gasteiger partial charge in [-0.25, -0.2) is 9.37 Å². The summed E-state index contributed by atoms with van der Waals surface area (Å²) in [5.41, 5.74) is 1.17. The third-order valence-electron chi connectivity index (χ3n) is 6.08. The average Bonchev–Trinajstić information content (AvgIpc) is 3.45. The maximum Gasteiger partial charge on any atom is 0.301 e. The molecule has 4 aromatic rings. The van der Waals surface area contributed by atoms with Gasteiger partial charge in [-0.2, -0.15) is 0 Å². The number of aliphatic hydroxyl groups is 1. The molecule has 0 unspecified atom stereocenters. The first kappa shape index (κ1) is 24.3. The molecule has 8 nitrogen and oxygen atoms in total. The predicted octanol–water partition coefficient (Wildman–Crippen LogP) is 5.09. The fourth-order valence-electron chi connectivity index (χ4n) is 4.26. The number of thiazole rings is 1. The lowest BCUT2D eigenvalue weighted by atomic mass is 9.95. The second kappa shape index (κ2) is 9.55. The molecule has 2 heterocycles. The molecule has 1 aliphatic rings. The Bertz CT molecular complexity index is 1560. The highest BCUT2D eigenvalue weighted by Crippen LogP contribution is 2.46. The van der Waals surface area contributed by atoms with E-state index in [0.29, 0.717) is 38.6 Å². The van der Waals surface area contributed by atoms with Crippen LogP contribution < -0.4 is 19.1 Å². The van der Waals surface area contributed by atoms with Crippen LogP contribution in [0.1, 0.15) is 17.2 Å². The number of carbonyl (C=O) groups is 2. The van der Waals surface area contributed by atoms with Gasteiger partial charge in [0.05, 0.1) is 43.2 Å². The molecule has 188 valence electrons. The van der Waals surface area contributed by atoms with Crippen molar-refractivity contribution in [1.82, 2.24) is 4.98 Å². The highest BCUT2D eigenvalue weighted by Gasteiger charge is 2.48. The molecule has 1 N–H and O–H groups in total. The predicted molar refractivity (Wildman–Crippen MR) is 137 cm³/mol. The monoisotopic (exact) mass is 520 g/mol. The molecule has 10 heteroatoms. The first-order valence-electron chi connectivity index (χ1n) is 11.1. The number of amides is 1. The van der Waals surface area contributed by atoms with Gasteiger partial charge in [-0.05, 0) is 60.2 Å². The lowest BCUT2D eigenvalue weighted by Crippen LogP contribution is -2.29. The molecule has 1 atom stereocenters. The number of carbonyl (C=O) groups excluding carboxylic acids is 2. The molecule has 1 aliphatic heterocycles. The first-order valence-corrected chi connectivity index (χ1v) is 11.9. The fourth-order valence-corrected chi connectivity index (χ4v) is 5.28. The number of Topliss-reactive ketones (excluding diaryl/α,β-unsaturated/α-hetero) is 1. The van der Waals surface area contributed by atoms with Crippen LogP contribution in [0.5, 0.6) is 17.2 Å². The number of ether oxygens (including phenoxy) is 3. The van der Waals surface area contributed by atoms with E-state index in [1.165, 1.54) is 44.4 Å². The number of methoxy groups -OCH3 is 3. The van der Waals surface area contributed by atoms with E-state index in [1.807, 2.05) is 0 Å². The van der Waals surface area contributed by atoms with Crippen molar-refractivity contribution >= 4 is 44.1 Å². The molecular formula is C27H21FN2O6S. The highest BCUT2D eigenvalue weighted by molar-refractivity contribution is 7.22. The van der Waals surface area contributed by atoms with Crippen molar-refractivity contribution in [2.24, 2.45) is 0 Å². The number of aliphatic hydroxyl groups excluding tert-OH is 1. The zero-order valence-corrected chi connectivity index (χ0v) is 20.8. The second-order valence-electron chi connectivity index (χ2n) is 8.12. The Balaban J connectivity index is 1.73. The average molecular weight is 521 g/mol. The number of fused-ring (bicyclic) bond motifs is 1. The zero-order valence-electron chi connectivity index (χ0n) is 20.0. The lowest BCUT2D eigenvalue weighted by Gasteiger charge is -2.23. The van der Waals surface area contributed by atoms with Gasteiger partial charge < -0.3 is 19.3 Å². The molecule has 0 saturated carbocycles. The van der Waals surface area contributed by atoms with Crippen LogP contribution in [0.4, 0.5) is 9.52 Å². The minimum absolute atomic E-state index is 0.118. The van der Waals surface area contributed by atoms with Crippen molar-refractivity contribution in [2.75, 3.05) is 26.2 Å². The number of hydrogen-bond donors (Lipinski definition) is 1. The summed E-state index contributed by atoms with van der Waals surface area (Å²) in [7, 11) is 4.48. The molecule has 1 saturated heterocycles. The van der Waals surface area contributed by atoms with Crippen LogP contribution in [0.3, 0.4) is 0 Å². The maximum atomic E-state index is 13.8. The summed E-state index contributed by atoms with van der Waals surface area (Å²) in [6.45, 7) is 0. The van der Waals surface area contributed by atoms with Crippen molar-refractivity contribution < 1.29 is 33.3 Å². The van der Waals surface area contributed by atoms with Gasteiger partial charge in [0.15, 0.2) is 16.6 Å². The van der Waals surface area contributed by atoms with Gasteiger partial charge in [0.1, 0.15) is 17.3 Å². The summed E-state index contributed by atoms with van der Waals surface area (Å²) < 4.78 is 30.3. The van der Waals surface area contributed by atoms with Crippen molar-refractivity contribution in [3.63, 3.8) is 0 Å². The lowest BCUT2D eigenvalue weighted by molar-refractivity contribution is -0.132. The van der Waals surface area contributed by atoms with E-state index in [4.69, 9.17) is 14.2 Å². The topological polar surface area (TPSA) is 98.2 Å². The minimum Gasteiger partial charge on any atom is -0.507 e. The largest absolute Gasteiger partial charge is 0.507 e. The van der Waals surface area contributed by atoms with Crippen LogP contribution in [0.2, 0.25) is 0 Å². The number of nitrogens with zero attached hydrogens (tertiary/aromatic N) is 2. The highest BCUT2D eigenvalue weighted by atomic mass is 32.1. The summed E-state index contributed by atoms with van der Waals surface area (Å²) in [4.78, 5) is 32.5. The van der Waals surface area contributed by atoms with E-state index in [9.17, 15) is 19.1 Å². The third kappa shape index (κ3) is 4.15. The number of anilines is 1. The number of rotatable bonds is 6. The normalized spacial score (nSPS) is 16.9. The summed E-state index contributed by atoms with van der Waals surface area (Å²) in [5.74, 6) is -1.14. The van der Waals surface area contributed by atoms with E-state index in [1.54, 1.807) is 42.5 Å². The Morgan fingerprint density at radius 2 is 1.68 bits per heavy atom. The van der Waals surface area contributed by atoms with Gasteiger partial charge >= 0.3 is 5.91 Å². The Labute approximate surface area is 215 Å². The Morgan fingerprint density at radius 1 is 0.946 bits per heavy atom. The van der Waals surface area contributed by atoms with E-state index >= 15 is 0 Å². The van der Waals surface area contributed by atoms with Crippen LogP contribution in [-0.4, -0.2) is 43.1 Å². The molecule has 0 radical (unpaired) electrons. The maximum absolute atomic E-state index is 13.8. The van der Waals surface area contributed by atoms with Gasteiger partial charge in [0, 0.05) is 5.56 Å². The third-order valence-corrected chi connectivity index (χ3v) is 7.09. The SMILES string of the molecule is COc1ccc(C(O)=C2C(=O)C(=O)N(c3nc4ccc(F)cc4s3)[C@@H]2c2ccc(OC)c(OC)c2)cc1. The molecule has 1 amide bonds. The van der Waals surface area contributed by atoms with Crippen molar-refractivity contribution in [2.45, 2.75) is 6.04 Å².